The number of rotatable bonds is 5. The second-order valence-electron chi connectivity index (χ2n) is 5.80. The monoisotopic (exact) mass is 514 g/mol. The highest BCUT2D eigenvalue weighted by atomic mass is 35.5. The fraction of sp³-hybridized carbons (Fsp3) is 0.286. The van der Waals surface area contributed by atoms with Crippen molar-refractivity contribution in [3.63, 3.8) is 0 Å². The van der Waals surface area contributed by atoms with E-state index in [1.807, 2.05) is 5.32 Å². The summed E-state index contributed by atoms with van der Waals surface area (Å²) in [5, 5.41) is -0.465. The first-order valence-electron chi connectivity index (χ1n) is 7.53. The van der Waals surface area contributed by atoms with Gasteiger partial charge in [-0.15, -0.1) is 0 Å². The molecule has 2 N–H and O–H groups in total. The van der Waals surface area contributed by atoms with Crippen molar-refractivity contribution in [2.45, 2.75) is 24.0 Å². The normalized spacial score (nSPS) is 13.4. The van der Waals surface area contributed by atoms with Gasteiger partial charge in [0, 0.05) is 13.2 Å². The van der Waals surface area contributed by atoms with Gasteiger partial charge in [0.15, 0.2) is 0 Å². The van der Waals surface area contributed by atoms with Gasteiger partial charge in [-0.25, -0.2) is 8.42 Å². The number of hydrogen-bond donors (Lipinski definition) is 2. The van der Waals surface area contributed by atoms with Crippen LogP contribution in [0.1, 0.15) is 17.4 Å². The van der Waals surface area contributed by atoms with Crippen LogP contribution in [-0.4, -0.2) is 36.1 Å². The predicted octanol–water partition coefficient (Wildman–Crippen LogP) is 4.14. The van der Waals surface area contributed by atoms with Crippen molar-refractivity contribution in [1.29, 1.82) is 0 Å². The van der Waals surface area contributed by atoms with Gasteiger partial charge >= 0.3 is 6.18 Å². The SMILES string of the molecule is C[C@@H](NS(=O)(=O)c1cn(C)c(C(=O)Nc2c(Cl)c(F)nc(F)c2Cl)c1Cl)C(F)(F)F. The zero-order valence-electron chi connectivity index (χ0n) is 14.7. The molecule has 0 aliphatic rings. The highest BCUT2D eigenvalue weighted by Gasteiger charge is 2.40. The Morgan fingerprint density at radius 2 is 1.63 bits per heavy atom. The van der Waals surface area contributed by atoms with Crippen LogP contribution < -0.4 is 10.0 Å². The molecule has 0 bridgehead atoms. The van der Waals surface area contributed by atoms with E-state index < -0.39 is 71.4 Å². The third-order valence-corrected chi connectivity index (χ3v) is 6.39. The Morgan fingerprint density at radius 3 is 2.10 bits per heavy atom. The summed E-state index contributed by atoms with van der Waals surface area (Å²) in [5.74, 6) is -4.18. The quantitative estimate of drug-likeness (QED) is 0.462. The highest BCUT2D eigenvalue weighted by Crippen LogP contribution is 2.35. The molecule has 0 unspecified atom stereocenters. The number of halogens is 8. The topological polar surface area (TPSA) is 93.1 Å². The van der Waals surface area contributed by atoms with Gasteiger partial charge in [-0.1, -0.05) is 34.8 Å². The van der Waals surface area contributed by atoms with E-state index in [-0.39, 0.29) is 0 Å². The van der Waals surface area contributed by atoms with Crippen LogP contribution in [0.15, 0.2) is 11.1 Å². The second-order valence-corrected chi connectivity index (χ2v) is 8.62. The number of anilines is 1. The summed E-state index contributed by atoms with van der Waals surface area (Å²) >= 11 is 17.1. The van der Waals surface area contributed by atoms with Gasteiger partial charge in [0.2, 0.25) is 21.9 Å². The molecule has 2 aromatic heterocycles. The van der Waals surface area contributed by atoms with Gasteiger partial charge in [-0.05, 0) is 6.92 Å². The predicted molar refractivity (Wildman–Crippen MR) is 98.4 cm³/mol. The summed E-state index contributed by atoms with van der Waals surface area (Å²) in [6, 6.07) is -2.45. The number of pyridine rings is 1. The Bertz CT molecular complexity index is 1090. The first-order chi connectivity index (χ1) is 13.6. The molecular weight excluding hydrogens is 506 g/mol. The number of nitrogens with one attached hydrogen (secondary N) is 2. The molecule has 0 aromatic carbocycles. The lowest BCUT2D eigenvalue weighted by molar-refractivity contribution is -0.147. The van der Waals surface area contributed by atoms with Crippen molar-refractivity contribution in [2.24, 2.45) is 7.05 Å². The maximum absolute atomic E-state index is 13.5. The largest absolute Gasteiger partial charge is 0.404 e. The van der Waals surface area contributed by atoms with Crippen molar-refractivity contribution < 1.29 is 35.2 Å². The average molecular weight is 516 g/mol. The van der Waals surface area contributed by atoms with Crippen LogP contribution in [-0.2, 0) is 17.1 Å². The number of aryl methyl sites for hydroxylation is 1. The number of sulfonamides is 1. The molecule has 7 nitrogen and oxygen atoms in total. The molecule has 2 heterocycles. The van der Waals surface area contributed by atoms with E-state index in [2.05, 4.69) is 4.98 Å². The number of carbonyl (C=O) groups is 1. The number of carbonyl (C=O) groups excluding carboxylic acids is 1. The van der Waals surface area contributed by atoms with Crippen molar-refractivity contribution in [3.05, 3.63) is 38.9 Å². The summed E-state index contributed by atoms with van der Waals surface area (Å²) < 4.78 is 91.8. The molecule has 0 saturated carbocycles. The Morgan fingerprint density at radius 1 is 1.13 bits per heavy atom. The van der Waals surface area contributed by atoms with Crippen LogP contribution in [0.4, 0.5) is 27.6 Å². The van der Waals surface area contributed by atoms with Crippen LogP contribution in [0.25, 0.3) is 0 Å². The van der Waals surface area contributed by atoms with Crippen LogP contribution in [0, 0.1) is 11.9 Å². The van der Waals surface area contributed by atoms with Gasteiger partial charge in [0.25, 0.3) is 5.91 Å². The molecule has 16 heteroatoms. The maximum Gasteiger partial charge on any atom is 0.404 e. The van der Waals surface area contributed by atoms with Crippen molar-refractivity contribution in [2.75, 3.05) is 5.32 Å². The average Bonchev–Trinajstić information content (AvgIpc) is 2.91. The van der Waals surface area contributed by atoms with Crippen molar-refractivity contribution >= 4 is 56.4 Å². The lowest BCUT2D eigenvalue weighted by atomic mass is 10.3. The van der Waals surface area contributed by atoms with E-state index >= 15 is 0 Å². The Balaban J connectivity index is 2.45. The van der Waals surface area contributed by atoms with E-state index in [9.17, 15) is 35.2 Å². The third-order valence-electron chi connectivity index (χ3n) is 3.65. The highest BCUT2D eigenvalue weighted by molar-refractivity contribution is 7.89. The smallest absolute Gasteiger partial charge is 0.344 e. The first kappa shape index (κ1) is 24.6. The molecular formula is C14H10Cl3F5N4O3S. The summed E-state index contributed by atoms with van der Waals surface area (Å²) in [7, 11) is -3.64. The summed E-state index contributed by atoms with van der Waals surface area (Å²) in [6.45, 7) is 0.568. The summed E-state index contributed by atoms with van der Waals surface area (Å²) in [5.41, 5.74) is -1.28. The van der Waals surface area contributed by atoms with Gasteiger partial charge in [0.1, 0.15) is 26.7 Å². The molecule has 30 heavy (non-hydrogen) atoms. The fourth-order valence-electron chi connectivity index (χ4n) is 2.15. The number of nitrogens with zero attached hydrogens (tertiary/aromatic N) is 2. The minimum atomic E-state index is -4.88. The van der Waals surface area contributed by atoms with E-state index in [4.69, 9.17) is 34.8 Å². The molecule has 0 fully saturated rings. The van der Waals surface area contributed by atoms with Crippen LogP contribution in [0.2, 0.25) is 15.1 Å². The number of alkyl halides is 3. The minimum Gasteiger partial charge on any atom is -0.344 e. The van der Waals surface area contributed by atoms with Crippen LogP contribution in [0.3, 0.4) is 0 Å². The Kier molecular flexibility index (Phi) is 6.94. The van der Waals surface area contributed by atoms with Gasteiger partial charge < -0.3 is 9.88 Å². The third kappa shape index (κ3) is 4.80. The van der Waals surface area contributed by atoms with E-state index in [1.165, 1.54) is 4.72 Å². The molecule has 2 aromatic rings. The zero-order chi connectivity index (χ0) is 23.2. The molecule has 0 saturated heterocycles. The zero-order valence-corrected chi connectivity index (χ0v) is 17.8. The van der Waals surface area contributed by atoms with Gasteiger partial charge in [0.05, 0.1) is 10.7 Å². The van der Waals surface area contributed by atoms with Crippen molar-refractivity contribution in [1.82, 2.24) is 14.3 Å². The molecule has 0 spiro atoms. The fourth-order valence-corrected chi connectivity index (χ4v) is 4.49. The van der Waals surface area contributed by atoms with Gasteiger partial charge in [-0.3, -0.25) is 4.79 Å². The number of aromatic nitrogens is 2. The van der Waals surface area contributed by atoms with Crippen LogP contribution in [0.5, 0.6) is 0 Å². The number of amides is 1. The van der Waals surface area contributed by atoms with E-state index in [0.29, 0.717) is 6.92 Å². The minimum absolute atomic E-state index is 0.568. The molecule has 2 rings (SSSR count). The van der Waals surface area contributed by atoms with E-state index in [1.54, 1.807) is 0 Å². The second kappa shape index (κ2) is 8.46. The lowest BCUT2D eigenvalue weighted by Crippen LogP contribution is -2.42. The lowest BCUT2D eigenvalue weighted by Gasteiger charge is -2.16. The first-order valence-corrected chi connectivity index (χ1v) is 10.1. The molecule has 1 amide bonds. The standard InChI is InChI=1S/C14H10Cl3F5N4O3S/c1-4(14(20,21)22)25-30(28,29)5-3-26(2)10(6(5)15)13(27)23-9-7(16)11(18)24-12(19)8(9)17/h3-4,25H,1-2H3,(H,23,24,27)/t4-/m1/s1. The molecule has 0 aliphatic heterocycles. The molecule has 166 valence electrons. The summed E-state index contributed by atoms with van der Waals surface area (Å²) in [4.78, 5) is 14.4. The van der Waals surface area contributed by atoms with Crippen LogP contribution >= 0.6 is 34.8 Å². The molecule has 0 aliphatic carbocycles. The molecule has 1 atom stereocenters. The van der Waals surface area contributed by atoms with Crippen molar-refractivity contribution in [3.8, 4) is 0 Å². The Hall–Kier alpha value is -1.67. The van der Waals surface area contributed by atoms with Gasteiger partial charge in [-0.2, -0.15) is 31.7 Å². The Labute approximate surface area is 181 Å². The number of hydrogen-bond acceptors (Lipinski definition) is 4. The van der Waals surface area contributed by atoms with E-state index in [0.717, 1.165) is 17.8 Å². The maximum atomic E-state index is 13.5. The molecule has 0 radical (unpaired) electrons. The summed E-state index contributed by atoms with van der Waals surface area (Å²) in [6.07, 6.45) is -4.10.